The van der Waals surface area contributed by atoms with E-state index < -0.39 is 8.07 Å². The predicted molar refractivity (Wildman–Crippen MR) is 86.8 cm³/mol. The number of fused-ring (bicyclic) bond motifs is 1. The van der Waals surface area contributed by atoms with Crippen LogP contribution in [-0.4, -0.2) is 29.6 Å². The lowest BCUT2D eigenvalue weighted by Crippen LogP contribution is -2.26. The van der Waals surface area contributed by atoms with Crippen LogP contribution in [0.5, 0.6) is 5.75 Å². The zero-order valence-electron chi connectivity index (χ0n) is 12.4. The van der Waals surface area contributed by atoms with Gasteiger partial charge in [-0.15, -0.1) is 0 Å². The van der Waals surface area contributed by atoms with Gasteiger partial charge < -0.3 is 9.84 Å². The molecule has 0 saturated carbocycles. The molecule has 7 heteroatoms. The Morgan fingerprint density at radius 2 is 2.10 bits per heavy atom. The zero-order valence-corrected chi connectivity index (χ0v) is 14.1. The van der Waals surface area contributed by atoms with Crippen molar-refractivity contribution in [2.24, 2.45) is 0 Å². The lowest BCUT2D eigenvalue weighted by atomic mass is 10.2. The first-order valence-electron chi connectivity index (χ1n) is 6.75. The Balaban J connectivity index is 2.21. The highest BCUT2D eigenvalue weighted by molar-refractivity contribution is 6.76. The topological polar surface area (TPSA) is 64.3 Å². The van der Waals surface area contributed by atoms with Gasteiger partial charge in [0.05, 0.1) is 22.0 Å². The second-order valence-electron chi connectivity index (χ2n) is 6.15. The summed E-state index contributed by atoms with van der Waals surface area (Å²) in [7, 11) is -1.16. The van der Waals surface area contributed by atoms with E-state index in [1.54, 1.807) is 0 Å². The molecule has 0 saturated heterocycles. The Hall–Kier alpha value is -1.37. The zero-order chi connectivity index (χ0) is 15.6. The van der Waals surface area contributed by atoms with Crippen molar-refractivity contribution in [1.29, 1.82) is 0 Å². The monoisotopic (exact) mass is 326 g/mol. The fourth-order valence-corrected chi connectivity index (χ4v) is 2.86. The van der Waals surface area contributed by atoms with Gasteiger partial charge in [-0.1, -0.05) is 31.2 Å². The van der Waals surface area contributed by atoms with Gasteiger partial charge in [-0.3, -0.25) is 4.79 Å². The molecule has 0 amide bonds. The summed E-state index contributed by atoms with van der Waals surface area (Å²) in [5.74, 6) is -0.00852. The van der Waals surface area contributed by atoms with Gasteiger partial charge in [-0.2, -0.15) is 5.10 Å². The minimum Gasteiger partial charge on any atom is -0.507 e. The van der Waals surface area contributed by atoms with Crippen LogP contribution in [0.3, 0.4) is 0 Å². The van der Waals surface area contributed by atoms with Gasteiger partial charge in [0, 0.05) is 14.7 Å². The van der Waals surface area contributed by atoms with E-state index in [0.717, 1.165) is 6.04 Å². The normalized spacial score (nSPS) is 12.0. The third-order valence-corrected chi connectivity index (χ3v) is 5.18. The van der Waals surface area contributed by atoms with Crippen LogP contribution in [-0.2, 0) is 11.5 Å². The Morgan fingerprint density at radius 3 is 2.76 bits per heavy atom. The maximum absolute atomic E-state index is 12.3. The molecule has 0 atom stereocenters. The lowest BCUT2D eigenvalue weighted by molar-refractivity contribution is 0.0754. The van der Waals surface area contributed by atoms with Crippen LogP contribution in [0, 0.1) is 0 Å². The first-order valence-corrected chi connectivity index (χ1v) is 10.8. The Morgan fingerprint density at radius 1 is 1.38 bits per heavy atom. The minimum atomic E-state index is -1.16. The Bertz CT molecular complexity index is 710. The van der Waals surface area contributed by atoms with E-state index in [2.05, 4.69) is 24.7 Å². The lowest BCUT2D eigenvalue weighted by Gasteiger charge is -2.15. The van der Waals surface area contributed by atoms with E-state index in [-0.39, 0.29) is 23.4 Å². The summed E-state index contributed by atoms with van der Waals surface area (Å²) in [6.45, 7) is 7.49. The third kappa shape index (κ3) is 3.84. The van der Waals surface area contributed by atoms with Crippen molar-refractivity contribution < 1.29 is 9.84 Å². The highest BCUT2D eigenvalue weighted by Crippen LogP contribution is 2.27. The van der Waals surface area contributed by atoms with E-state index in [4.69, 9.17) is 16.3 Å². The van der Waals surface area contributed by atoms with Crippen LogP contribution in [0.2, 0.25) is 30.7 Å². The molecule has 0 bridgehead atoms. The highest BCUT2D eigenvalue weighted by atomic mass is 35.5. The van der Waals surface area contributed by atoms with Crippen molar-refractivity contribution in [2.45, 2.75) is 32.4 Å². The molecule has 0 fully saturated rings. The third-order valence-electron chi connectivity index (χ3n) is 3.16. The van der Waals surface area contributed by atoms with Gasteiger partial charge in [0.2, 0.25) is 0 Å². The smallest absolute Gasteiger partial charge is 0.278 e. The average Bonchev–Trinajstić information content (AvgIpc) is 2.39. The van der Waals surface area contributed by atoms with Gasteiger partial charge in [0.25, 0.3) is 5.56 Å². The number of benzene rings is 1. The standard InChI is InChI=1S/C14H19ClN2O3Si/c1-21(2,3)7-6-20-9-17-14(19)13-10(8-16-17)12(18)5-4-11(13)15/h4-5,8,18H,6-7,9H2,1-3H3. The van der Waals surface area contributed by atoms with E-state index in [0.29, 0.717) is 17.0 Å². The molecule has 0 aliphatic carbocycles. The number of halogens is 1. The van der Waals surface area contributed by atoms with Crippen molar-refractivity contribution in [1.82, 2.24) is 9.78 Å². The number of aromatic nitrogens is 2. The summed E-state index contributed by atoms with van der Waals surface area (Å²) in [5, 5.41) is 14.7. The molecule has 5 nitrogen and oxygen atoms in total. The molecule has 0 unspecified atom stereocenters. The summed E-state index contributed by atoms with van der Waals surface area (Å²) in [4.78, 5) is 12.3. The molecule has 0 radical (unpaired) electrons. The van der Waals surface area contributed by atoms with Crippen molar-refractivity contribution in [3.8, 4) is 5.75 Å². The molecular weight excluding hydrogens is 308 g/mol. The average molecular weight is 327 g/mol. The maximum atomic E-state index is 12.3. The second kappa shape index (κ2) is 6.17. The summed E-state index contributed by atoms with van der Waals surface area (Å²) < 4.78 is 6.75. The number of phenols is 1. The maximum Gasteiger partial charge on any atom is 0.278 e. The second-order valence-corrected chi connectivity index (χ2v) is 12.2. The highest BCUT2D eigenvalue weighted by Gasteiger charge is 2.13. The molecule has 0 aliphatic rings. The molecule has 21 heavy (non-hydrogen) atoms. The molecule has 1 N–H and O–H groups in total. The molecule has 114 valence electrons. The fraction of sp³-hybridized carbons (Fsp3) is 0.429. The quantitative estimate of drug-likeness (QED) is 0.677. The van der Waals surface area contributed by atoms with E-state index in [1.807, 2.05) is 0 Å². The van der Waals surface area contributed by atoms with Crippen LogP contribution < -0.4 is 5.56 Å². The molecular formula is C14H19ClN2O3Si. The van der Waals surface area contributed by atoms with Crippen LogP contribution >= 0.6 is 11.6 Å². The van der Waals surface area contributed by atoms with Crippen LogP contribution in [0.25, 0.3) is 10.8 Å². The van der Waals surface area contributed by atoms with Crippen LogP contribution in [0.15, 0.2) is 23.1 Å². The van der Waals surface area contributed by atoms with Gasteiger partial charge in [-0.25, -0.2) is 4.68 Å². The summed E-state index contributed by atoms with van der Waals surface area (Å²) >= 11 is 6.04. The molecule has 0 spiro atoms. The van der Waals surface area contributed by atoms with Gasteiger partial charge in [0.15, 0.2) is 0 Å². The number of ether oxygens (including phenoxy) is 1. The first-order chi connectivity index (χ1) is 9.79. The number of aromatic hydroxyl groups is 1. The first kappa shape index (κ1) is 16.0. The molecule has 0 aliphatic heterocycles. The molecule has 1 aromatic heterocycles. The predicted octanol–water partition coefficient (Wildman–Crippen LogP) is 3.07. The molecule has 2 rings (SSSR count). The molecule has 2 aromatic rings. The minimum absolute atomic E-state index is 0.00852. The van der Waals surface area contributed by atoms with E-state index in [1.165, 1.54) is 23.0 Å². The largest absolute Gasteiger partial charge is 0.507 e. The van der Waals surface area contributed by atoms with Crippen molar-refractivity contribution in [2.75, 3.05) is 6.61 Å². The van der Waals surface area contributed by atoms with Gasteiger partial charge in [-0.05, 0) is 18.2 Å². The Kier molecular flexibility index (Phi) is 4.70. The molecule has 1 aromatic carbocycles. The Labute approximate surface area is 129 Å². The van der Waals surface area contributed by atoms with Gasteiger partial charge >= 0.3 is 0 Å². The molecule has 1 heterocycles. The number of nitrogens with zero attached hydrogens (tertiary/aromatic N) is 2. The number of rotatable bonds is 5. The van der Waals surface area contributed by atoms with Gasteiger partial charge in [0.1, 0.15) is 12.5 Å². The van der Waals surface area contributed by atoms with Crippen molar-refractivity contribution in [3.63, 3.8) is 0 Å². The van der Waals surface area contributed by atoms with E-state index in [9.17, 15) is 9.90 Å². The summed E-state index contributed by atoms with van der Waals surface area (Å²) in [6, 6.07) is 3.97. The number of hydrogen-bond donors (Lipinski definition) is 1. The van der Waals surface area contributed by atoms with Crippen molar-refractivity contribution >= 4 is 30.4 Å². The number of hydrogen-bond acceptors (Lipinski definition) is 4. The number of phenolic OH excluding ortho intramolecular Hbond substituents is 1. The van der Waals surface area contributed by atoms with Crippen LogP contribution in [0.1, 0.15) is 0 Å². The summed E-state index contributed by atoms with van der Waals surface area (Å²) in [6.07, 6.45) is 1.43. The van der Waals surface area contributed by atoms with Crippen LogP contribution in [0.4, 0.5) is 0 Å². The fourth-order valence-electron chi connectivity index (χ4n) is 1.86. The van der Waals surface area contributed by atoms with Crippen molar-refractivity contribution in [3.05, 3.63) is 33.7 Å². The van der Waals surface area contributed by atoms with E-state index >= 15 is 0 Å². The summed E-state index contributed by atoms with van der Waals surface area (Å²) in [5.41, 5.74) is -0.360. The SMILES string of the molecule is C[Si](C)(C)CCOCn1ncc2c(O)ccc(Cl)c2c1=O.